The van der Waals surface area contributed by atoms with Crippen LogP contribution < -0.4 is 0 Å². The molecule has 0 aliphatic rings. The fourth-order valence-electron chi connectivity index (χ4n) is 2.74. The first kappa shape index (κ1) is 23.5. The van der Waals surface area contributed by atoms with Crippen LogP contribution in [-0.2, 0) is 7.59 Å². The van der Waals surface area contributed by atoms with Gasteiger partial charge in [0.25, 0.3) is 0 Å². The van der Waals surface area contributed by atoms with E-state index in [2.05, 4.69) is 20.1 Å². The number of nitrogens with zero attached hydrogens (tertiary/aromatic N) is 4. The number of hydrogen-bond acceptors (Lipinski definition) is 5. The first-order valence-corrected chi connectivity index (χ1v) is 10.7. The van der Waals surface area contributed by atoms with Gasteiger partial charge in [0.1, 0.15) is 6.04 Å². The molecule has 1 atom stereocenters. The summed E-state index contributed by atoms with van der Waals surface area (Å²) in [6.07, 6.45) is 0. The average molecular weight is 525 g/mol. The molecule has 156 valence electrons. The van der Waals surface area contributed by atoms with Gasteiger partial charge in [-0.15, -0.1) is 0 Å². The Labute approximate surface area is 202 Å². The van der Waals surface area contributed by atoms with E-state index < -0.39 is 13.6 Å². The predicted octanol–water partition coefficient (Wildman–Crippen LogP) is 7.69. The SMILES string of the molecule is CC(N=O)c1ccccc1-c1ccc(-c2nc(C(Cl)(Cl)Cl)nc(C(Cl)(Cl)Cl)n2)cc1. The molecule has 2 aromatic carbocycles. The van der Waals surface area contributed by atoms with Gasteiger partial charge in [0.05, 0.1) is 0 Å². The van der Waals surface area contributed by atoms with Crippen LogP contribution in [0.1, 0.15) is 30.2 Å². The molecule has 0 aliphatic heterocycles. The first-order chi connectivity index (χ1) is 14.0. The summed E-state index contributed by atoms with van der Waals surface area (Å²) in [7, 11) is 0. The molecule has 0 saturated heterocycles. The van der Waals surface area contributed by atoms with Gasteiger partial charge in [0.2, 0.25) is 7.59 Å². The van der Waals surface area contributed by atoms with Crippen LogP contribution in [0.2, 0.25) is 0 Å². The van der Waals surface area contributed by atoms with Gasteiger partial charge in [0, 0.05) is 5.56 Å². The minimum absolute atomic E-state index is 0.167. The monoisotopic (exact) mass is 522 g/mol. The topological polar surface area (TPSA) is 68.1 Å². The third-order valence-corrected chi connectivity index (χ3v) is 5.18. The van der Waals surface area contributed by atoms with Gasteiger partial charge in [-0.25, -0.2) is 15.0 Å². The second kappa shape index (κ2) is 9.11. The number of alkyl halides is 6. The third kappa shape index (κ3) is 5.34. The zero-order valence-electron chi connectivity index (χ0n) is 15.2. The molecule has 0 bridgehead atoms. The Morgan fingerprint density at radius 1 is 0.767 bits per heavy atom. The molecule has 0 fully saturated rings. The quantitative estimate of drug-likeness (QED) is 0.259. The van der Waals surface area contributed by atoms with Crippen molar-refractivity contribution >= 4 is 69.6 Å². The van der Waals surface area contributed by atoms with Crippen LogP contribution in [0.4, 0.5) is 0 Å². The molecular weight excluding hydrogens is 513 g/mol. The second-order valence-electron chi connectivity index (χ2n) is 6.25. The Morgan fingerprint density at radius 2 is 1.27 bits per heavy atom. The fraction of sp³-hybridized carbons (Fsp3) is 0.211. The zero-order chi connectivity index (χ0) is 22.1. The molecule has 30 heavy (non-hydrogen) atoms. The molecular formula is C19H12Cl6N4O. The molecule has 11 heteroatoms. The maximum Gasteiger partial charge on any atom is 0.250 e. The largest absolute Gasteiger partial charge is 0.250 e. The lowest BCUT2D eigenvalue weighted by molar-refractivity contribution is 0.813. The summed E-state index contributed by atoms with van der Waals surface area (Å²) < 4.78 is -3.86. The van der Waals surface area contributed by atoms with Crippen molar-refractivity contribution in [2.75, 3.05) is 0 Å². The van der Waals surface area contributed by atoms with Crippen LogP contribution in [-0.4, -0.2) is 15.0 Å². The van der Waals surface area contributed by atoms with Crippen molar-refractivity contribution < 1.29 is 0 Å². The van der Waals surface area contributed by atoms with Crippen molar-refractivity contribution in [1.82, 2.24) is 15.0 Å². The molecule has 0 radical (unpaired) electrons. The van der Waals surface area contributed by atoms with Crippen LogP contribution >= 0.6 is 69.6 Å². The summed E-state index contributed by atoms with van der Waals surface area (Å²) in [5.74, 6) is -0.159. The highest BCUT2D eigenvalue weighted by Crippen LogP contribution is 2.41. The van der Waals surface area contributed by atoms with E-state index in [1.165, 1.54) is 0 Å². The molecule has 1 aromatic heterocycles. The minimum Gasteiger partial charge on any atom is -0.209 e. The van der Waals surface area contributed by atoms with Crippen molar-refractivity contribution in [2.24, 2.45) is 5.18 Å². The van der Waals surface area contributed by atoms with Gasteiger partial charge in [-0.1, -0.05) is 123 Å². The van der Waals surface area contributed by atoms with E-state index in [1.54, 1.807) is 19.1 Å². The van der Waals surface area contributed by atoms with Crippen molar-refractivity contribution in [1.29, 1.82) is 0 Å². The Morgan fingerprint density at radius 3 is 1.77 bits per heavy atom. The number of hydrogen-bond donors (Lipinski definition) is 0. The van der Waals surface area contributed by atoms with E-state index in [0.29, 0.717) is 5.56 Å². The van der Waals surface area contributed by atoms with Gasteiger partial charge in [0.15, 0.2) is 17.5 Å². The van der Waals surface area contributed by atoms with E-state index in [9.17, 15) is 4.91 Å². The molecule has 3 rings (SSSR count). The maximum atomic E-state index is 11.0. The molecule has 1 heterocycles. The van der Waals surface area contributed by atoms with Gasteiger partial charge >= 0.3 is 0 Å². The molecule has 1 unspecified atom stereocenters. The van der Waals surface area contributed by atoms with Crippen LogP contribution in [0.3, 0.4) is 0 Å². The molecule has 5 nitrogen and oxygen atoms in total. The van der Waals surface area contributed by atoms with Crippen LogP contribution in [0.25, 0.3) is 22.5 Å². The highest BCUT2D eigenvalue weighted by molar-refractivity contribution is 6.67. The van der Waals surface area contributed by atoms with Crippen LogP contribution in [0, 0.1) is 4.91 Å². The second-order valence-corrected chi connectivity index (χ2v) is 10.8. The third-order valence-electron chi connectivity index (χ3n) is 4.17. The number of halogens is 6. The Bertz CT molecular complexity index is 1030. The van der Waals surface area contributed by atoms with E-state index in [4.69, 9.17) is 69.6 Å². The molecule has 0 aliphatic carbocycles. The van der Waals surface area contributed by atoms with Crippen molar-refractivity contribution in [3.05, 3.63) is 70.7 Å². The standard InChI is InChI=1S/C19H12Cl6N4O/c1-10(29-30)13-4-2-3-5-14(13)11-6-8-12(9-7-11)15-26-16(18(20,21)22)28-17(27-15)19(23,24)25/h2-10H,1H3. The van der Waals surface area contributed by atoms with Gasteiger partial charge in [-0.3, -0.25) is 0 Å². The number of rotatable bonds is 4. The molecule has 0 amide bonds. The summed E-state index contributed by atoms with van der Waals surface area (Å²) in [4.78, 5) is 23.4. The summed E-state index contributed by atoms with van der Waals surface area (Å²) >= 11 is 35.5. The lowest BCUT2D eigenvalue weighted by Crippen LogP contribution is -2.16. The molecule has 0 spiro atoms. The molecule has 0 saturated carbocycles. The highest BCUT2D eigenvalue weighted by atomic mass is 35.6. The molecule has 3 aromatic rings. The highest BCUT2D eigenvalue weighted by Gasteiger charge is 2.34. The normalized spacial score (nSPS) is 13.2. The first-order valence-electron chi connectivity index (χ1n) is 8.43. The summed E-state index contributed by atoms with van der Waals surface area (Å²) in [5, 5.41) is 3.12. The number of nitroso groups, excluding NO2 is 1. The molecule has 0 N–H and O–H groups in total. The summed E-state index contributed by atoms with van der Waals surface area (Å²) in [6, 6.07) is 14.3. The van der Waals surface area contributed by atoms with E-state index >= 15 is 0 Å². The maximum absolute atomic E-state index is 11.0. The lowest BCUT2D eigenvalue weighted by Gasteiger charge is -2.16. The van der Waals surface area contributed by atoms with Crippen molar-refractivity contribution in [3.8, 4) is 22.5 Å². The van der Waals surface area contributed by atoms with E-state index in [-0.39, 0.29) is 17.5 Å². The average Bonchev–Trinajstić information content (AvgIpc) is 2.71. The Balaban J connectivity index is 2.07. The summed E-state index contributed by atoms with van der Waals surface area (Å²) in [5.41, 5.74) is 3.17. The van der Waals surface area contributed by atoms with Crippen molar-refractivity contribution in [3.63, 3.8) is 0 Å². The Hall–Kier alpha value is -1.21. The minimum atomic E-state index is -1.93. The van der Waals surface area contributed by atoms with Gasteiger partial charge in [-0.05, 0) is 23.6 Å². The summed E-state index contributed by atoms with van der Waals surface area (Å²) in [6.45, 7) is 1.74. The lowest BCUT2D eigenvalue weighted by atomic mass is 9.95. The zero-order valence-corrected chi connectivity index (χ0v) is 19.7. The van der Waals surface area contributed by atoms with Crippen LogP contribution in [0.5, 0.6) is 0 Å². The Kier molecular flexibility index (Phi) is 7.12. The van der Waals surface area contributed by atoms with E-state index in [0.717, 1.165) is 16.7 Å². The predicted molar refractivity (Wildman–Crippen MR) is 123 cm³/mol. The fourth-order valence-corrected chi connectivity index (χ4v) is 3.25. The van der Waals surface area contributed by atoms with Crippen LogP contribution in [0.15, 0.2) is 53.7 Å². The van der Waals surface area contributed by atoms with Gasteiger partial charge < -0.3 is 0 Å². The smallest absolute Gasteiger partial charge is 0.209 e. The van der Waals surface area contributed by atoms with E-state index in [1.807, 2.05) is 36.4 Å². The van der Waals surface area contributed by atoms with Crippen molar-refractivity contribution in [2.45, 2.75) is 20.6 Å². The number of aromatic nitrogens is 3. The number of benzene rings is 2. The van der Waals surface area contributed by atoms with Gasteiger partial charge in [-0.2, -0.15) is 4.91 Å².